The van der Waals surface area contributed by atoms with Crippen LogP contribution in [-0.4, -0.2) is 33.4 Å². The van der Waals surface area contributed by atoms with E-state index in [2.05, 4.69) is 38.7 Å². The van der Waals surface area contributed by atoms with E-state index in [4.69, 9.17) is 4.74 Å². The molecule has 2 N–H and O–H groups in total. The number of amides is 1. The number of aromatic amines is 1. The first-order valence-electron chi connectivity index (χ1n) is 9.75. The number of nitrogens with one attached hydrogen (secondary N) is 2. The number of benzene rings is 2. The molecule has 1 aliphatic carbocycles. The summed E-state index contributed by atoms with van der Waals surface area (Å²) in [5, 5.41) is 10.7. The highest BCUT2D eigenvalue weighted by Crippen LogP contribution is 2.30. The molecule has 2 unspecified atom stereocenters. The number of aromatic nitrogens is 3. The molecule has 0 spiro atoms. The van der Waals surface area contributed by atoms with Gasteiger partial charge >= 0.3 is 0 Å². The molecule has 0 fully saturated rings. The number of thioether (sulfide) groups is 1. The highest BCUT2D eigenvalue weighted by atomic mass is 32.2. The maximum atomic E-state index is 12.8. The molecule has 0 saturated carbocycles. The van der Waals surface area contributed by atoms with Crippen molar-refractivity contribution in [2.45, 2.75) is 42.6 Å². The second kappa shape index (κ2) is 8.69. The molecule has 150 valence electrons. The smallest absolute Gasteiger partial charge is 0.233 e. The van der Waals surface area contributed by atoms with Gasteiger partial charge in [-0.1, -0.05) is 36.0 Å². The number of fused-ring (bicyclic) bond motifs is 1. The summed E-state index contributed by atoms with van der Waals surface area (Å²) in [7, 11) is 1.64. The molecule has 1 aromatic heterocycles. The van der Waals surface area contributed by atoms with E-state index in [1.165, 1.54) is 22.9 Å². The van der Waals surface area contributed by atoms with Gasteiger partial charge < -0.3 is 10.1 Å². The summed E-state index contributed by atoms with van der Waals surface area (Å²) < 4.78 is 5.18. The van der Waals surface area contributed by atoms with E-state index >= 15 is 0 Å². The summed E-state index contributed by atoms with van der Waals surface area (Å²) in [6.07, 6.45) is 3.15. The Labute approximate surface area is 174 Å². The first kappa shape index (κ1) is 19.5. The molecule has 0 bridgehead atoms. The topological polar surface area (TPSA) is 79.9 Å². The Morgan fingerprint density at radius 3 is 2.83 bits per heavy atom. The van der Waals surface area contributed by atoms with Crippen LogP contribution in [-0.2, 0) is 11.2 Å². The average Bonchev–Trinajstić information content (AvgIpc) is 3.22. The van der Waals surface area contributed by atoms with E-state index in [9.17, 15) is 4.79 Å². The monoisotopic (exact) mass is 408 g/mol. The van der Waals surface area contributed by atoms with E-state index in [-0.39, 0.29) is 17.2 Å². The Morgan fingerprint density at radius 1 is 1.24 bits per heavy atom. The zero-order chi connectivity index (χ0) is 20.2. The van der Waals surface area contributed by atoms with Crippen LogP contribution in [0.5, 0.6) is 5.75 Å². The van der Waals surface area contributed by atoms with Crippen molar-refractivity contribution in [1.29, 1.82) is 0 Å². The predicted octanol–water partition coefficient (Wildman–Crippen LogP) is 4.15. The van der Waals surface area contributed by atoms with Crippen LogP contribution < -0.4 is 10.1 Å². The van der Waals surface area contributed by atoms with E-state index in [1.807, 2.05) is 37.3 Å². The van der Waals surface area contributed by atoms with Gasteiger partial charge in [0.25, 0.3) is 0 Å². The molecule has 29 heavy (non-hydrogen) atoms. The van der Waals surface area contributed by atoms with Crippen LogP contribution in [0, 0.1) is 0 Å². The van der Waals surface area contributed by atoms with Crippen molar-refractivity contribution >= 4 is 17.7 Å². The van der Waals surface area contributed by atoms with Gasteiger partial charge in [0.15, 0.2) is 5.82 Å². The molecule has 1 heterocycles. The Hall–Kier alpha value is -2.80. The minimum atomic E-state index is -0.288. The summed E-state index contributed by atoms with van der Waals surface area (Å²) in [6, 6.07) is 16.0. The van der Waals surface area contributed by atoms with E-state index in [0.717, 1.165) is 30.6 Å². The zero-order valence-corrected chi connectivity index (χ0v) is 17.3. The number of carbonyl (C=O) groups excluding carboxylic acids is 1. The fraction of sp³-hybridized carbons (Fsp3) is 0.318. The number of carbonyl (C=O) groups is 1. The van der Waals surface area contributed by atoms with Gasteiger partial charge in [0.2, 0.25) is 11.1 Å². The van der Waals surface area contributed by atoms with Crippen molar-refractivity contribution in [3.05, 3.63) is 59.7 Å². The number of hydrogen-bond donors (Lipinski definition) is 2. The van der Waals surface area contributed by atoms with Gasteiger partial charge in [-0.2, -0.15) is 0 Å². The molecule has 0 saturated heterocycles. The van der Waals surface area contributed by atoms with Crippen LogP contribution in [0.1, 0.15) is 36.9 Å². The van der Waals surface area contributed by atoms with Crippen LogP contribution >= 0.6 is 11.8 Å². The highest BCUT2D eigenvalue weighted by molar-refractivity contribution is 8.00. The number of rotatable bonds is 6. The number of methoxy groups -OCH3 is 1. The van der Waals surface area contributed by atoms with Crippen molar-refractivity contribution in [1.82, 2.24) is 20.5 Å². The lowest BCUT2D eigenvalue weighted by molar-refractivity contribution is -0.121. The van der Waals surface area contributed by atoms with Crippen LogP contribution in [0.4, 0.5) is 0 Å². The molecule has 1 aliphatic rings. The molecule has 0 radical (unpaired) electrons. The summed E-state index contributed by atoms with van der Waals surface area (Å²) in [6.45, 7) is 1.89. The first-order chi connectivity index (χ1) is 14.1. The maximum absolute atomic E-state index is 12.8. The largest absolute Gasteiger partial charge is 0.497 e. The van der Waals surface area contributed by atoms with Gasteiger partial charge in [-0.3, -0.25) is 9.89 Å². The number of H-pyrrole nitrogens is 1. The lowest BCUT2D eigenvalue weighted by Gasteiger charge is -2.27. The second-order valence-electron chi connectivity index (χ2n) is 7.11. The summed E-state index contributed by atoms with van der Waals surface area (Å²) in [5.74, 6) is 1.47. The third-order valence-electron chi connectivity index (χ3n) is 5.17. The summed E-state index contributed by atoms with van der Waals surface area (Å²) >= 11 is 1.35. The van der Waals surface area contributed by atoms with Gasteiger partial charge in [-0.05, 0) is 61.6 Å². The Balaban J connectivity index is 1.39. The molecule has 1 amide bonds. The van der Waals surface area contributed by atoms with Crippen molar-refractivity contribution in [3.8, 4) is 17.1 Å². The zero-order valence-electron chi connectivity index (χ0n) is 16.5. The highest BCUT2D eigenvalue weighted by Gasteiger charge is 2.24. The molecule has 2 atom stereocenters. The lowest BCUT2D eigenvalue weighted by atomic mass is 9.88. The third kappa shape index (κ3) is 4.45. The number of hydrogen-bond acceptors (Lipinski definition) is 5. The van der Waals surface area contributed by atoms with Gasteiger partial charge in [-0.15, -0.1) is 5.10 Å². The first-order valence-corrected chi connectivity index (χ1v) is 10.6. The predicted molar refractivity (Wildman–Crippen MR) is 114 cm³/mol. The molecule has 0 aliphatic heterocycles. The van der Waals surface area contributed by atoms with Crippen LogP contribution in [0.25, 0.3) is 11.4 Å². The number of nitrogens with zero attached hydrogens (tertiary/aromatic N) is 2. The number of aryl methyl sites for hydroxylation is 1. The van der Waals surface area contributed by atoms with Crippen LogP contribution in [0.2, 0.25) is 0 Å². The van der Waals surface area contributed by atoms with E-state index in [1.54, 1.807) is 7.11 Å². The van der Waals surface area contributed by atoms with Gasteiger partial charge in [-0.25, -0.2) is 4.98 Å². The van der Waals surface area contributed by atoms with Crippen LogP contribution in [0.3, 0.4) is 0 Å². The van der Waals surface area contributed by atoms with Gasteiger partial charge in [0.05, 0.1) is 18.4 Å². The normalized spacial score (nSPS) is 16.7. The van der Waals surface area contributed by atoms with E-state index in [0.29, 0.717) is 11.0 Å². The summed E-state index contributed by atoms with van der Waals surface area (Å²) in [4.78, 5) is 17.3. The average molecular weight is 409 g/mol. The molecule has 4 rings (SSSR count). The minimum Gasteiger partial charge on any atom is -0.497 e. The van der Waals surface area contributed by atoms with Crippen molar-refractivity contribution in [2.24, 2.45) is 0 Å². The van der Waals surface area contributed by atoms with Crippen molar-refractivity contribution in [2.75, 3.05) is 7.11 Å². The third-order valence-corrected chi connectivity index (χ3v) is 6.13. The molecule has 7 heteroatoms. The van der Waals surface area contributed by atoms with Crippen molar-refractivity contribution < 1.29 is 9.53 Å². The fourth-order valence-electron chi connectivity index (χ4n) is 3.58. The second-order valence-corrected chi connectivity index (χ2v) is 8.42. The summed E-state index contributed by atoms with van der Waals surface area (Å²) in [5.41, 5.74) is 3.49. The Kier molecular flexibility index (Phi) is 5.85. The minimum absolute atomic E-state index is 0.00694. The molecular weight excluding hydrogens is 384 g/mol. The molecular formula is C22H24N4O2S. The fourth-order valence-corrected chi connectivity index (χ4v) is 4.32. The van der Waals surface area contributed by atoms with Gasteiger partial charge in [0, 0.05) is 5.56 Å². The van der Waals surface area contributed by atoms with Gasteiger partial charge in [0.1, 0.15) is 5.75 Å². The Morgan fingerprint density at radius 2 is 2.03 bits per heavy atom. The van der Waals surface area contributed by atoms with E-state index < -0.39 is 0 Å². The molecule has 2 aromatic carbocycles. The maximum Gasteiger partial charge on any atom is 0.233 e. The number of ether oxygens (including phenoxy) is 1. The molecule has 3 aromatic rings. The SMILES string of the molecule is COc1ccc(-c2nc(SC(C)C(=O)NC3CCCc4ccccc43)n[nH]2)cc1. The quantitative estimate of drug-likeness (QED) is 0.599. The Bertz CT molecular complexity index is 986. The molecule has 6 nitrogen and oxygen atoms in total. The van der Waals surface area contributed by atoms with Crippen LogP contribution in [0.15, 0.2) is 53.7 Å². The lowest BCUT2D eigenvalue weighted by Crippen LogP contribution is -2.35. The standard InChI is InChI=1S/C22H24N4O2S/c1-14(21(27)23-19-9-5-7-15-6-3-4-8-18(15)19)29-22-24-20(25-26-22)16-10-12-17(28-2)13-11-16/h3-4,6,8,10-14,19H,5,7,9H2,1-2H3,(H,23,27)(H,24,25,26). The van der Waals surface area contributed by atoms with Crippen molar-refractivity contribution in [3.63, 3.8) is 0 Å².